The largest absolute Gasteiger partial charge is 0.507 e. The molecule has 5 nitrogen and oxygen atoms in total. The topological polar surface area (TPSA) is 70.9 Å². The van der Waals surface area contributed by atoms with E-state index in [1.807, 2.05) is 49.4 Å². The Balaban J connectivity index is 1.69. The molecule has 3 rings (SSSR count). The minimum atomic E-state index is -0.734. The Morgan fingerprint density at radius 2 is 2.00 bits per heavy atom. The fraction of sp³-hybridized carbons (Fsp3) is 0.143. The van der Waals surface area contributed by atoms with Crippen molar-refractivity contribution in [2.75, 3.05) is 0 Å². The number of phenolic OH excluding ortho intramolecular Hbond substituents is 1. The Morgan fingerprint density at radius 3 is 2.78 bits per heavy atom. The number of aromatic hydroxyl groups is 1. The Kier molecular flexibility index (Phi) is 5.76. The summed E-state index contributed by atoms with van der Waals surface area (Å²) in [5.41, 5.74) is 4.09. The van der Waals surface area contributed by atoms with Crippen molar-refractivity contribution in [3.05, 3.63) is 70.2 Å². The van der Waals surface area contributed by atoms with Gasteiger partial charge in [-0.05, 0) is 64.3 Å². The third-order valence-electron chi connectivity index (χ3n) is 4.08. The summed E-state index contributed by atoms with van der Waals surface area (Å²) in [6, 6.07) is 16.7. The van der Waals surface area contributed by atoms with E-state index in [-0.39, 0.29) is 5.75 Å². The third kappa shape index (κ3) is 4.46. The summed E-state index contributed by atoms with van der Waals surface area (Å²) in [5, 5.41) is 15.9. The van der Waals surface area contributed by atoms with Crippen LogP contribution in [0.4, 0.5) is 0 Å². The molecule has 3 aromatic rings. The minimum Gasteiger partial charge on any atom is -0.507 e. The molecule has 0 radical (unpaired) electrons. The van der Waals surface area contributed by atoms with Crippen molar-refractivity contribution in [2.45, 2.75) is 20.0 Å². The fourth-order valence-corrected chi connectivity index (χ4v) is 3.20. The van der Waals surface area contributed by atoms with Crippen molar-refractivity contribution in [1.82, 2.24) is 5.43 Å². The highest BCUT2D eigenvalue weighted by Crippen LogP contribution is 2.27. The number of hydrogen-bond donors (Lipinski definition) is 2. The van der Waals surface area contributed by atoms with Gasteiger partial charge in [0.25, 0.3) is 5.91 Å². The number of nitrogens with zero attached hydrogens (tertiary/aromatic N) is 1. The number of aryl methyl sites for hydroxylation is 1. The average molecular weight is 427 g/mol. The summed E-state index contributed by atoms with van der Waals surface area (Å²) in [6.45, 7) is 3.62. The van der Waals surface area contributed by atoms with Gasteiger partial charge in [-0.2, -0.15) is 5.10 Å². The van der Waals surface area contributed by atoms with Crippen LogP contribution < -0.4 is 10.2 Å². The van der Waals surface area contributed by atoms with Gasteiger partial charge in [0, 0.05) is 5.56 Å². The first-order valence-electron chi connectivity index (χ1n) is 8.42. The Morgan fingerprint density at radius 1 is 1.22 bits per heavy atom. The first-order chi connectivity index (χ1) is 13.0. The van der Waals surface area contributed by atoms with E-state index >= 15 is 0 Å². The monoisotopic (exact) mass is 426 g/mol. The van der Waals surface area contributed by atoms with Crippen LogP contribution in [-0.2, 0) is 4.79 Å². The molecule has 27 heavy (non-hydrogen) atoms. The van der Waals surface area contributed by atoms with Gasteiger partial charge in [-0.25, -0.2) is 5.43 Å². The molecular weight excluding hydrogens is 408 g/mol. The summed E-state index contributed by atoms with van der Waals surface area (Å²) in [4.78, 5) is 12.2. The molecule has 0 fully saturated rings. The lowest BCUT2D eigenvalue weighted by molar-refractivity contribution is -0.127. The van der Waals surface area contributed by atoms with Crippen molar-refractivity contribution in [3.8, 4) is 11.5 Å². The van der Waals surface area contributed by atoms with Crippen molar-refractivity contribution in [1.29, 1.82) is 0 Å². The molecule has 138 valence electrons. The summed E-state index contributed by atoms with van der Waals surface area (Å²) in [6.07, 6.45) is 0.701. The van der Waals surface area contributed by atoms with Crippen LogP contribution >= 0.6 is 15.9 Å². The van der Waals surface area contributed by atoms with Gasteiger partial charge in [0.2, 0.25) is 0 Å². The predicted octanol–water partition coefficient (Wildman–Crippen LogP) is 4.53. The van der Waals surface area contributed by atoms with Crippen molar-refractivity contribution in [3.63, 3.8) is 0 Å². The molecule has 1 amide bonds. The summed E-state index contributed by atoms with van der Waals surface area (Å²) < 4.78 is 6.46. The zero-order chi connectivity index (χ0) is 19.4. The average Bonchev–Trinajstić information content (AvgIpc) is 2.65. The van der Waals surface area contributed by atoms with E-state index < -0.39 is 12.0 Å². The molecule has 0 saturated carbocycles. The second kappa shape index (κ2) is 8.22. The third-order valence-corrected chi connectivity index (χ3v) is 4.70. The number of nitrogens with one attached hydrogen (secondary N) is 1. The number of halogens is 1. The Labute approximate surface area is 165 Å². The highest BCUT2D eigenvalue weighted by molar-refractivity contribution is 9.10. The number of rotatable bonds is 5. The van der Waals surface area contributed by atoms with E-state index in [1.54, 1.807) is 19.1 Å². The number of fused-ring (bicyclic) bond motifs is 1. The van der Waals surface area contributed by atoms with Crippen LogP contribution in [-0.4, -0.2) is 23.3 Å². The van der Waals surface area contributed by atoms with Crippen LogP contribution in [0.1, 0.15) is 18.1 Å². The maximum Gasteiger partial charge on any atom is 0.280 e. The number of phenols is 1. The molecule has 0 heterocycles. The minimum absolute atomic E-state index is 0.0968. The number of carbonyl (C=O) groups is 1. The lowest BCUT2D eigenvalue weighted by Gasteiger charge is -2.14. The second-order valence-corrected chi connectivity index (χ2v) is 7.00. The van der Waals surface area contributed by atoms with E-state index in [0.717, 1.165) is 20.8 Å². The number of hydrazone groups is 1. The Bertz CT molecular complexity index is 1020. The summed E-state index contributed by atoms with van der Waals surface area (Å²) in [7, 11) is 0. The van der Waals surface area contributed by atoms with Crippen molar-refractivity contribution >= 4 is 38.8 Å². The number of hydrogen-bond acceptors (Lipinski definition) is 4. The van der Waals surface area contributed by atoms with Gasteiger partial charge in [-0.15, -0.1) is 0 Å². The summed E-state index contributed by atoms with van der Waals surface area (Å²) in [5.74, 6) is 0.289. The van der Waals surface area contributed by atoms with Gasteiger partial charge < -0.3 is 9.84 Å². The molecule has 0 aliphatic carbocycles. The molecule has 1 atom stereocenters. The van der Waals surface area contributed by atoms with E-state index in [2.05, 4.69) is 26.5 Å². The molecule has 2 N–H and O–H groups in total. The van der Waals surface area contributed by atoms with Crippen LogP contribution in [0.2, 0.25) is 0 Å². The number of benzene rings is 3. The standard InChI is InChI=1S/C21H19BrN2O3/c1-13-7-10-20(18(22)11-13)27-14(2)21(26)24-23-12-17-16-6-4-3-5-15(16)8-9-19(17)25/h3-12,14,25H,1-2H3,(H,24,26)/b23-12+/t14-/m1/s1. The molecule has 0 bridgehead atoms. The van der Waals surface area contributed by atoms with E-state index in [4.69, 9.17) is 4.74 Å². The predicted molar refractivity (Wildman–Crippen MR) is 110 cm³/mol. The maximum absolute atomic E-state index is 12.2. The zero-order valence-electron chi connectivity index (χ0n) is 14.9. The van der Waals surface area contributed by atoms with Crippen LogP contribution in [0.5, 0.6) is 11.5 Å². The number of amides is 1. The molecule has 0 aliphatic heterocycles. The van der Waals surface area contributed by atoms with Crippen LogP contribution in [0.25, 0.3) is 10.8 Å². The molecule has 0 unspecified atom stereocenters. The van der Waals surface area contributed by atoms with E-state index in [1.165, 1.54) is 6.21 Å². The number of ether oxygens (including phenoxy) is 1. The highest BCUT2D eigenvalue weighted by atomic mass is 79.9. The lowest BCUT2D eigenvalue weighted by Crippen LogP contribution is -2.33. The second-order valence-electron chi connectivity index (χ2n) is 6.15. The molecule has 6 heteroatoms. The highest BCUT2D eigenvalue weighted by Gasteiger charge is 2.15. The van der Waals surface area contributed by atoms with Gasteiger partial charge in [0.05, 0.1) is 10.7 Å². The SMILES string of the molecule is Cc1ccc(O[C@H](C)C(=O)N/N=C/c2c(O)ccc3ccccc23)c(Br)c1. The van der Waals surface area contributed by atoms with Crippen LogP contribution in [0.3, 0.4) is 0 Å². The molecule has 0 saturated heterocycles. The first-order valence-corrected chi connectivity index (χ1v) is 9.21. The summed E-state index contributed by atoms with van der Waals surface area (Å²) >= 11 is 3.42. The molecule has 0 aliphatic rings. The number of carbonyl (C=O) groups excluding carboxylic acids is 1. The van der Waals surface area contributed by atoms with Gasteiger partial charge in [-0.1, -0.05) is 36.4 Å². The molecule has 0 spiro atoms. The Hall–Kier alpha value is -2.86. The van der Waals surface area contributed by atoms with Crippen molar-refractivity contribution in [2.24, 2.45) is 5.10 Å². The van der Waals surface area contributed by atoms with E-state index in [0.29, 0.717) is 11.3 Å². The van der Waals surface area contributed by atoms with Crippen LogP contribution in [0, 0.1) is 6.92 Å². The smallest absolute Gasteiger partial charge is 0.280 e. The fourth-order valence-electron chi connectivity index (χ4n) is 2.62. The maximum atomic E-state index is 12.2. The van der Waals surface area contributed by atoms with Crippen LogP contribution in [0.15, 0.2) is 64.2 Å². The van der Waals surface area contributed by atoms with Gasteiger partial charge in [0.1, 0.15) is 11.5 Å². The quantitative estimate of drug-likeness (QED) is 0.464. The van der Waals surface area contributed by atoms with Gasteiger partial charge in [-0.3, -0.25) is 4.79 Å². The first kappa shape index (κ1) is 18.9. The molecular formula is C21H19BrN2O3. The normalized spacial score (nSPS) is 12.3. The van der Waals surface area contributed by atoms with Gasteiger partial charge in [0.15, 0.2) is 6.10 Å². The zero-order valence-corrected chi connectivity index (χ0v) is 16.5. The van der Waals surface area contributed by atoms with Gasteiger partial charge >= 0.3 is 0 Å². The van der Waals surface area contributed by atoms with E-state index in [9.17, 15) is 9.90 Å². The van der Waals surface area contributed by atoms with Crippen molar-refractivity contribution < 1.29 is 14.6 Å². The molecule has 0 aromatic heterocycles. The lowest BCUT2D eigenvalue weighted by atomic mass is 10.0. The molecule has 3 aromatic carbocycles.